The second-order valence-electron chi connectivity index (χ2n) is 5.62. The molecule has 3 aromatic rings. The Hall–Kier alpha value is -1.82. The lowest BCUT2D eigenvalue weighted by Crippen LogP contribution is -2.18. The minimum Gasteiger partial charge on any atom is -0.497 e. The summed E-state index contributed by atoms with van der Waals surface area (Å²) in [6, 6.07) is 9.27. The van der Waals surface area contributed by atoms with Crippen LogP contribution in [0.5, 0.6) is 5.75 Å². The van der Waals surface area contributed by atoms with Gasteiger partial charge in [-0.3, -0.25) is 4.79 Å². The van der Waals surface area contributed by atoms with E-state index >= 15 is 0 Å². The third-order valence-electron chi connectivity index (χ3n) is 3.98. The van der Waals surface area contributed by atoms with Crippen LogP contribution < -0.4 is 10.3 Å². The van der Waals surface area contributed by atoms with Crippen molar-refractivity contribution in [1.82, 2.24) is 4.57 Å². The molecule has 0 radical (unpaired) electrons. The molecule has 0 aliphatic heterocycles. The van der Waals surface area contributed by atoms with Crippen LogP contribution in [0.1, 0.15) is 0 Å². The van der Waals surface area contributed by atoms with Crippen LogP contribution in [0.25, 0.3) is 22.3 Å². The van der Waals surface area contributed by atoms with E-state index in [9.17, 15) is 9.18 Å². The maximum Gasteiger partial charge on any atom is 0.265 e. The van der Waals surface area contributed by atoms with Gasteiger partial charge in [-0.1, -0.05) is 23.2 Å². The molecule has 1 aromatic heterocycles. The van der Waals surface area contributed by atoms with Crippen molar-refractivity contribution in [2.45, 2.75) is 0 Å². The molecule has 0 bridgehead atoms. The quantitative estimate of drug-likeness (QED) is 0.488. The molecule has 7 heteroatoms. The number of hydrogen-bond acceptors (Lipinski definition) is 2. The molecule has 0 aliphatic carbocycles. The van der Waals surface area contributed by atoms with Crippen LogP contribution in [0.2, 0.25) is 10.0 Å². The molecule has 0 aliphatic rings. The summed E-state index contributed by atoms with van der Waals surface area (Å²) < 4.78 is 20.5. The molecule has 0 N–H and O–H groups in total. The molecule has 3 rings (SSSR count). The average molecular weight is 457 g/mol. The van der Waals surface area contributed by atoms with Gasteiger partial charge in [0.25, 0.3) is 5.56 Å². The molecule has 0 saturated carbocycles. The van der Waals surface area contributed by atoms with E-state index in [0.717, 1.165) is 0 Å². The normalized spacial score (nSPS) is 10.8. The first-order valence-corrected chi connectivity index (χ1v) is 9.07. The second-order valence-corrected chi connectivity index (χ2v) is 7.23. The number of nitrogens with zero attached hydrogens (tertiary/aromatic N) is 1. The molecule has 3 nitrogen and oxygen atoms in total. The number of aromatic nitrogens is 1. The Bertz CT molecular complexity index is 1070. The van der Waals surface area contributed by atoms with Crippen molar-refractivity contribution in [2.24, 2.45) is 7.05 Å². The van der Waals surface area contributed by atoms with Gasteiger partial charge < -0.3 is 9.30 Å². The van der Waals surface area contributed by atoms with Gasteiger partial charge in [0, 0.05) is 40.5 Å². The molecule has 0 unspecified atom stereocenters. The maximum atomic E-state index is 13.5. The lowest BCUT2D eigenvalue weighted by atomic mass is 9.96. The zero-order chi connectivity index (χ0) is 19.0. The fraction of sp³-hybridized carbons (Fsp3) is 0.105. The van der Waals surface area contributed by atoms with Crippen LogP contribution in [-0.4, -0.2) is 11.7 Å². The van der Waals surface area contributed by atoms with Crippen molar-refractivity contribution in [2.75, 3.05) is 7.11 Å². The molecule has 1 heterocycles. The maximum absolute atomic E-state index is 13.5. The van der Waals surface area contributed by atoms with Crippen molar-refractivity contribution in [1.29, 1.82) is 0 Å². The Kier molecular flexibility index (Phi) is 5.42. The molecule has 0 amide bonds. The predicted octanol–water partition coefficient (Wildman–Crippen LogP) is 5.94. The van der Waals surface area contributed by atoms with E-state index in [1.54, 1.807) is 38.6 Å². The van der Waals surface area contributed by atoms with Crippen LogP contribution >= 0.6 is 39.1 Å². The van der Waals surface area contributed by atoms with E-state index in [1.165, 1.54) is 22.8 Å². The summed E-state index contributed by atoms with van der Waals surface area (Å²) >= 11 is 16.0. The average Bonchev–Trinajstić information content (AvgIpc) is 2.61. The summed E-state index contributed by atoms with van der Waals surface area (Å²) in [5, 5.41) is 0.676. The number of ether oxygens (including phenoxy) is 1. The zero-order valence-corrected chi connectivity index (χ0v) is 16.9. The van der Waals surface area contributed by atoms with Crippen molar-refractivity contribution in [3.63, 3.8) is 0 Å². The van der Waals surface area contributed by atoms with E-state index in [4.69, 9.17) is 27.9 Å². The van der Waals surface area contributed by atoms with E-state index in [-0.39, 0.29) is 10.6 Å². The lowest BCUT2D eigenvalue weighted by molar-refractivity contribution is 0.415. The SMILES string of the molecule is COc1ccc(Cl)c(-c2cn(C)c(=O)c(Br)c2-c2ccc(F)cc2Cl)c1. The number of pyridine rings is 1. The van der Waals surface area contributed by atoms with Crippen molar-refractivity contribution in [3.8, 4) is 28.0 Å². The fourth-order valence-corrected chi connectivity index (χ4v) is 3.88. The smallest absolute Gasteiger partial charge is 0.265 e. The fourth-order valence-electron chi connectivity index (χ4n) is 2.69. The first-order chi connectivity index (χ1) is 12.3. The van der Waals surface area contributed by atoms with Crippen molar-refractivity contribution in [3.05, 3.63) is 73.3 Å². The van der Waals surface area contributed by atoms with Crippen LogP contribution in [0, 0.1) is 5.82 Å². The van der Waals surface area contributed by atoms with E-state index in [1.807, 2.05) is 0 Å². The molecule has 0 fully saturated rings. The molecule has 0 atom stereocenters. The first kappa shape index (κ1) is 19.0. The molecular weight excluding hydrogens is 444 g/mol. The Morgan fingerprint density at radius 1 is 1.04 bits per heavy atom. The van der Waals surface area contributed by atoms with Gasteiger partial charge >= 0.3 is 0 Å². The van der Waals surface area contributed by atoms with Gasteiger partial charge in [0.15, 0.2) is 0 Å². The second kappa shape index (κ2) is 7.43. The first-order valence-electron chi connectivity index (χ1n) is 7.52. The van der Waals surface area contributed by atoms with E-state index < -0.39 is 5.82 Å². The molecule has 134 valence electrons. The van der Waals surface area contributed by atoms with E-state index in [0.29, 0.717) is 37.5 Å². The Morgan fingerprint density at radius 3 is 2.42 bits per heavy atom. The van der Waals surface area contributed by atoms with Gasteiger partial charge in [-0.25, -0.2) is 4.39 Å². The molecule has 0 saturated heterocycles. The highest BCUT2D eigenvalue weighted by molar-refractivity contribution is 9.10. The highest BCUT2D eigenvalue weighted by Crippen LogP contribution is 2.42. The number of benzene rings is 2. The molecule has 2 aromatic carbocycles. The Morgan fingerprint density at radius 2 is 1.77 bits per heavy atom. The number of rotatable bonds is 3. The number of halogens is 4. The summed E-state index contributed by atoms with van der Waals surface area (Å²) in [6.45, 7) is 0. The van der Waals surface area contributed by atoms with Gasteiger partial charge in [0.1, 0.15) is 11.6 Å². The summed E-state index contributed by atoms with van der Waals surface area (Å²) in [7, 11) is 3.20. The topological polar surface area (TPSA) is 31.2 Å². The minimum absolute atomic E-state index is 0.194. The highest BCUT2D eigenvalue weighted by Gasteiger charge is 2.20. The molecule has 26 heavy (non-hydrogen) atoms. The van der Waals surface area contributed by atoms with Gasteiger partial charge in [0.2, 0.25) is 0 Å². The standard InChI is InChI=1S/C19H13BrCl2FNO2/c1-24-9-14(13-8-11(26-2)4-6-15(13)21)17(18(20)19(24)25)12-5-3-10(23)7-16(12)22/h3-9H,1-2H3. The van der Waals surface area contributed by atoms with E-state index in [2.05, 4.69) is 15.9 Å². The predicted molar refractivity (Wildman–Crippen MR) is 107 cm³/mol. The van der Waals surface area contributed by atoms with Gasteiger partial charge in [-0.15, -0.1) is 0 Å². The summed E-state index contributed by atoms with van der Waals surface area (Å²) in [6.07, 6.45) is 1.67. The lowest BCUT2D eigenvalue weighted by Gasteiger charge is -2.17. The van der Waals surface area contributed by atoms with Crippen molar-refractivity contribution >= 4 is 39.1 Å². The van der Waals surface area contributed by atoms with Crippen LogP contribution in [0.4, 0.5) is 4.39 Å². The number of methoxy groups -OCH3 is 1. The van der Waals surface area contributed by atoms with Gasteiger partial charge in [-0.2, -0.15) is 0 Å². The summed E-state index contributed by atoms with van der Waals surface area (Å²) in [5.74, 6) is 0.158. The van der Waals surface area contributed by atoms with Crippen molar-refractivity contribution < 1.29 is 9.13 Å². The third-order valence-corrected chi connectivity index (χ3v) is 5.36. The minimum atomic E-state index is -0.459. The monoisotopic (exact) mass is 455 g/mol. The molecular formula is C19H13BrCl2FNO2. The molecule has 0 spiro atoms. The summed E-state index contributed by atoms with van der Waals surface area (Å²) in [4.78, 5) is 12.5. The number of hydrogen-bond donors (Lipinski definition) is 0. The Balaban J connectivity index is 2.42. The van der Waals surface area contributed by atoms with Crippen LogP contribution in [0.15, 0.2) is 51.9 Å². The van der Waals surface area contributed by atoms with Crippen LogP contribution in [-0.2, 0) is 7.05 Å². The largest absolute Gasteiger partial charge is 0.497 e. The zero-order valence-electron chi connectivity index (χ0n) is 13.8. The third kappa shape index (κ3) is 3.39. The number of aryl methyl sites for hydroxylation is 1. The highest BCUT2D eigenvalue weighted by atomic mass is 79.9. The summed E-state index contributed by atoms with van der Waals surface area (Å²) in [5.41, 5.74) is 2.14. The Labute approximate surface area is 168 Å². The van der Waals surface area contributed by atoms with Crippen LogP contribution in [0.3, 0.4) is 0 Å². The van der Waals surface area contributed by atoms with Gasteiger partial charge in [-0.05, 0) is 52.3 Å². The van der Waals surface area contributed by atoms with Gasteiger partial charge in [0.05, 0.1) is 16.6 Å².